The second kappa shape index (κ2) is 8.15. The highest BCUT2D eigenvalue weighted by Crippen LogP contribution is 2.25. The molecule has 1 N–H and O–H groups in total. The van der Waals surface area contributed by atoms with Crippen LogP contribution >= 0.6 is 22.9 Å². The Kier molecular flexibility index (Phi) is 5.87. The summed E-state index contributed by atoms with van der Waals surface area (Å²) in [7, 11) is 0. The summed E-state index contributed by atoms with van der Waals surface area (Å²) in [5, 5.41) is 3.49. The Hall–Kier alpha value is -2.31. The highest BCUT2D eigenvalue weighted by atomic mass is 35.5. The van der Waals surface area contributed by atoms with E-state index in [9.17, 15) is 9.59 Å². The first-order valence-corrected chi connectivity index (χ1v) is 9.96. The Labute approximate surface area is 166 Å². The molecule has 0 spiro atoms. The van der Waals surface area contributed by atoms with Crippen molar-refractivity contribution < 1.29 is 9.53 Å². The maximum atomic E-state index is 12.6. The second-order valence-corrected chi connectivity index (χ2v) is 7.90. The molecular formula is C20H21ClN2O3S. The fourth-order valence-electron chi connectivity index (χ4n) is 2.83. The summed E-state index contributed by atoms with van der Waals surface area (Å²) < 4.78 is 8.37. The topological polar surface area (TPSA) is 60.3 Å². The molecule has 7 heteroatoms. The number of hydrogen-bond acceptors (Lipinski definition) is 4. The lowest BCUT2D eigenvalue weighted by molar-refractivity contribution is -0.122. The van der Waals surface area contributed by atoms with Gasteiger partial charge in [0.1, 0.15) is 5.75 Å². The first-order chi connectivity index (χ1) is 12.9. The van der Waals surface area contributed by atoms with E-state index < -0.39 is 6.10 Å². The third-order valence-electron chi connectivity index (χ3n) is 4.15. The van der Waals surface area contributed by atoms with E-state index in [2.05, 4.69) is 5.32 Å². The molecule has 0 fully saturated rings. The number of ether oxygens (including phenoxy) is 1. The summed E-state index contributed by atoms with van der Waals surface area (Å²) in [5.74, 6) is 0.353. The number of thiazole rings is 1. The standard InChI is InChI=1S/C20H21ClN2O3S/c1-4-17(26-15-8-5-13(21)6-9-15)19(24)22-14-7-10-16-18(11-14)27-20(25)23(16)12(2)3/h5-12,17H,4H2,1-3H3,(H,22,24)/t17-/m1/s1. The van der Waals surface area contributed by atoms with Gasteiger partial charge in [-0.05, 0) is 62.7 Å². The number of rotatable bonds is 6. The quantitative estimate of drug-likeness (QED) is 0.622. The predicted molar refractivity (Wildman–Crippen MR) is 111 cm³/mol. The van der Waals surface area contributed by atoms with E-state index in [0.717, 1.165) is 10.2 Å². The summed E-state index contributed by atoms with van der Waals surface area (Å²) in [6.45, 7) is 5.84. The Morgan fingerprint density at radius 3 is 2.56 bits per heavy atom. The van der Waals surface area contributed by atoms with Crippen LogP contribution in [0.15, 0.2) is 47.3 Å². The van der Waals surface area contributed by atoms with Crippen molar-refractivity contribution >= 4 is 44.7 Å². The smallest absolute Gasteiger partial charge is 0.308 e. The highest BCUT2D eigenvalue weighted by Gasteiger charge is 2.19. The Morgan fingerprint density at radius 1 is 1.22 bits per heavy atom. The minimum absolute atomic E-state index is 0.000910. The van der Waals surface area contributed by atoms with E-state index in [1.807, 2.05) is 32.9 Å². The van der Waals surface area contributed by atoms with Crippen LogP contribution < -0.4 is 14.9 Å². The number of fused-ring (bicyclic) bond motifs is 1. The number of anilines is 1. The first-order valence-electron chi connectivity index (χ1n) is 8.77. The van der Waals surface area contributed by atoms with E-state index in [1.54, 1.807) is 34.9 Å². The van der Waals surface area contributed by atoms with Gasteiger partial charge in [0.15, 0.2) is 6.10 Å². The van der Waals surface area contributed by atoms with E-state index in [4.69, 9.17) is 16.3 Å². The molecule has 1 amide bonds. The van der Waals surface area contributed by atoms with Gasteiger partial charge in [0, 0.05) is 16.8 Å². The van der Waals surface area contributed by atoms with E-state index in [0.29, 0.717) is 22.9 Å². The molecule has 142 valence electrons. The van der Waals surface area contributed by atoms with Crippen LogP contribution in [-0.4, -0.2) is 16.6 Å². The third kappa shape index (κ3) is 4.34. The van der Waals surface area contributed by atoms with Crippen LogP contribution in [0.2, 0.25) is 5.02 Å². The average Bonchev–Trinajstić information content (AvgIpc) is 2.96. The maximum Gasteiger partial charge on any atom is 0.308 e. The molecule has 1 atom stereocenters. The van der Waals surface area contributed by atoms with Crippen LogP contribution in [0.1, 0.15) is 33.2 Å². The number of aromatic nitrogens is 1. The van der Waals surface area contributed by atoms with Crippen LogP contribution in [0.5, 0.6) is 5.75 Å². The zero-order chi connectivity index (χ0) is 19.6. The van der Waals surface area contributed by atoms with Gasteiger partial charge in [-0.2, -0.15) is 0 Å². The molecule has 3 rings (SSSR count). The van der Waals surface area contributed by atoms with E-state index >= 15 is 0 Å². The van der Waals surface area contributed by atoms with Crippen molar-refractivity contribution in [2.24, 2.45) is 0 Å². The van der Waals surface area contributed by atoms with Crippen LogP contribution in [0.25, 0.3) is 10.2 Å². The summed E-state index contributed by atoms with van der Waals surface area (Å²) in [6, 6.07) is 12.5. The number of hydrogen-bond donors (Lipinski definition) is 1. The van der Waals surface area contributed by atoms with Gasteiger partial charge in [0.2, 0.25) is 0 Å². The Bertz CT molecular complexity index is 1010. The second-order valence-electron chi connectivity index (χ2n) is 6.47. The molecule has 3 aromatic rings. The molecule has 0 bridgehead atoms. The largest absolute Gasteiger partial charge is 0.481 e. The van der Waals surface area contributed by atoms with Gasteiger partial charge in [-0.25, -0.2) is 0 Å². The minimum atomic E-state index is -0.624. The lowest BCUT2D eigenvalue weighted by Gasteiger charge is -2.17. The summed E-state index contributed by atoms with van der Waals surface area (Å²) in [6.07, 6.45) is -0.103. The summed E-state index contributed by atoms with van der Waals surface area (Å²) in [5.41, 5.74) is 1.52. The highest BCUT2D eigenvalue weighted by molar-refractivity contribution is 7.16. The monoisotopic (exact) mass is 404 g/mol. The van der Waals surface area contributed by atoms with Gasteiger partial charge in [0.05, 0.1) is 10.2 Å². The van der Waals surface area contributed by atoms with Gasteiger partial charge in [-0.3, -0.25) is 14.2 Å². The molecule has 0 unspecified atom stereocenters. The fraction of sp³-hybridized carbons (Fsp3) is 0.300. The number of carbonyl (C=O) groups is 1. The van der Waals surface area contributed by atoms with Crippen LogP contribution in [-0.2, 0) is 4.79 Å². The number of amides is 1. The number of halogens is 1. The summed E-state index contributed by atoms with van der Waals surface area (Å²) in [4.78, 5) is 24.8. The van der Waals surface area contributed by atoms with Crippen molar-refractivity contribution in [2.45, 2.75) is 39.3 Å². The van der Waals surface area contributed by atoms with Gasteiger partial charge in [-0.15, -0.1) is 0 Å². The maximum absolute atomic E-state index is 12.6. The molecule has 0 aliphatic rings. The van der Waals surface area contributed by atoms with Gasteiger partial charge in [0.25, 0.3) is 5.91 Å². The lowest BCUT2D eigenvalue weighted by Crippen LogP contribution is -2.32. The molecule has 0 saturated carbocycles. The molecule has 0 aliphatic heterocycles. The normalized spacial score (nSPS) is 12.3. The molecule has 0 radical (unpaired) electrons. The summed E-state index contributed by atoms with van der Waals surface area (Å²) >= 11 is 7.05. The van der Waals surface area contributed by atoms with Gasteiger partial charge in [-0.1, -0.05) is 29.9 Å². The zero-order valence-electron chi connectivity index (χ0n) is 15.4. The van der Waals surface area contributed by atoms with Crippen molar-refractivity contribution in [3.8, 4) is 5.75 Å². The van der Waals surface area contributed by atoms with Gasteiger partial charge >= 0.3 is 4.87 Å². The van der Waals surface area contributed by atoms with Crippen LogP contribution in [0.4, 0.5) is 5.69 Å². The SMILES string of the molecule is CC[C@@H](Oc1ccc(Cl)cc1)C(=O)Nc1ccc2c(c1)sc(=O)n2C(C)C. The van der Waals surface area contributed by atoms with Crippen molar-refractivity contribution in [3.05, 3.63) is 57.2 Å². The fourth-order valence-corrected chi connectivity index (χ4v) is 4.00. The van der Waals surface area contributed by atoms with Crippen LogP contribution in [0, 0.1) is 0 Å². The van der Waals surface area contributed by atoms with Crippen LogP contribution in [0.3, 0.4) is 0 Å². The van der Waals surface area contributed by atoms with Crippen molar-refractivity contribution in [1.82, 2.24) is 4.57 Å². The van der Waals surface area contributed by atoms with E-state index in [-0.39, 0.29) is 16.8 Å². The molecule has 0 aliphatic carbocycles. The average molecular weight is 405 g/mol. The third-order valence-corrected chi connectivity index (χ3v) is 5.32. The number of nitrogens with one attached hydrogen (secondary N) is 1. The minimum Gasteiger partial charge on any atom is -0.481 e. The number of benzene rings is 2. The molecule has 1 aromatic heterocycles. The Balaban J connectivity index is 1.77. The lowest BCUT2D eigenvalue weighted by atomic mass is 10.2. The molecule has 1 heterocycles. The molecule has 5 nitrogen and oxygen atoms in total. The molecule has 0 saturated heterocycles. The zero-order valence-corrected chi connectivity index (χ0v) is 16.9. The molecule has 2 aromatic carbocycles. The van der Waals surface area contributed by atoms with Crippen molar-refractivity contribution in [1.29, 1.82) is 0 Å². The molecular weight excluding hydrogens is 384 g/mol. The van der Waals surface area contributed by atoms with Crippen molar-refractivity contribution in [3.63, 3.8) is 0 Å². The molecule has 27 heavy (non-hydrogen) atoms. The first kappa shape index (κ1) is 19.5. The van der Waals surface area contributed by atoms with Crippen molar-refractivity contribution in [2.75, 3.05) is 5.32 Å². The predicted octanol–water partition coefficient (Wildman–Crippen LogP) is 5.09. The Morgan fingerprint density at radius 2 is 1.93 bits per heavy atom. The number of nitrogens with zero attached hydrogens (tertiary/aromatic N) is 1. The van der Waals surface area contributed by atoms with Gasteiger partial charge < -0.3 is 10.1 Å². The van der Waals surface area contributed by atoms with E-state index in [1.165, 1.54) is 11.3 Å². The number of carbonyl (C=O) groups excluding carboxylic acids is 1.